The number of rotatable bonds is 7. The summed E-state index contributed by atoms with van der Waals surface area (Å²) in [6.07, 6.45) is 0. The van der Waals surface area contributed by atoms with E-state index >= 15 is 0 Å². The molecule has 1 aromatic carbocycles. The fourth-order valence-electron chi connectivity index (χ4n) is 2.63. The van der Waals surface area contributed by atoms with Crippen LogP contribution in [0.2, 0.25) is 0 Å². The Morgan fingerprint density at radius 1 is 1.27 bits per heavy atom. The lowest BCUT2D eigenvalue weighted by atomic mass is 10.2. The minimum absolute atomic E-state index is 0.139. The van der Waals surface area contributed by atoms with E-state index in [9.17, 15) is 4.79 Å². The maximum absolute atomic E-state index is 12.2. The predicted molar refractivity (Wildman–Crippen MR) is 92.0 cm³/mol. The maximum Gasteiger partial charge on any atom is 0.234 e. The number of carbonyl (C=O) groups excluding carboxylic acids is 1. The number of carbonyl (C=O) groups is 1. The van der Waals surface area contributed by atoms with Gasteiger partial charge in [-0.2, -0.15) is 0 Å². The third-order valence-corrected chi connectivity index (χ3v) is 6.03. The number of hydrogen-bond donors (Lipinski definition) is 0. The molecule has 0 saturated carbocycles. The summed E-state index contributed by atoms with van der Waals surface area (Å²) in [5.74, 6) is 1.69. The fourth-order valence-corrected chi connectivity index (χ4v) is 3.85. The minimum Gasteiger partial charge on any atom is -0.497 e. The summed E-state index contributed by atoms with van der Waals surface area (Å²) in [6.45, 7) is 8.44. The first kappa shape index (κ1) is 17.2. The summed E-state index contributed by atoms with van der Waals surface area (Å²) >= 11 is 1.72. The molecular formula is C17H27N2O2S+. The second kappa shape index (κ2) is 7.38. The van der Waals surface area contributed by atoms with Crippen LogP contribution in [-0.2, 0) is 4.79 Å². The number of thioether (sulfide) groups is 1. The Bertz CT molecular complexity index is 500. The second-order valence-electron chi connectivity index (χ2n) is 6.00. The first-order chi connectivity index (χ1) is 10.5. The number of hydrogen-bond acceptors (Lipinski definition) is 3. The molecule has 122 valence electrons. The fraction of sp³-hybridized carbons (Fsp3) is 0.588. The number of likely N-dealkylation sites (N-methyl/N-ethyl adjacent to an activating group) is 1. The van der Waals surface area contributed by atoms with Crippen LogP contribution in [0.4, 0.5) is 0 Å². The third-order valence-electron chi connectivity index (χ3n) is 4.78. The van der Waals surface area contributed by atoms with Crippen molar-refractivity contribution in [2.75, 3.05) is 46.1 Å². The van der Waals surface area contributed by atoms with Crippen molar-refractivity contribution in [3.63, 3.8) is 0 Å². The van der Waals surface area contributed by atoms with Gasteiger partial charge in [-0.25, -0.2) is 0 Å². The molecule has 1 atom stereocenters. The molecule has 0 bridgehead atoms. The molecule has 0 aromatic heterocycles. The highest BCUT2D eigenvalue weighted by atomic mass is 32.2. The van der Waals surface area contributed by atoms with E-state index in [0.29, 0.717) is 5.75 Å². The average molecular weight is 323 g/mol. The SMILES string of the molecule is CC[N+](C)(CC)CCN1C(=O)CSC1c1ccc(OC)cc1. The van der Waals surface area contributed by atoms with Gasteiger partial charge in [0.2, 0.25) is 5.91 Å². The first-order valence-electron chi connectivity index (χ1n) is 7.91. The van der Waals surface area contributed by atoms with Gasteiger partial charge in [-0.05, 0) is 31.5 Å². The van der Waals surface area contributed by atoms with Crippen molar-refractivity contribution in [1.29, 1.82) is 0 Å². The van der Waals surface area contributed by atoms with Gasteiger partial charge in [-0.15, -0.1) is 11.8 Å². The van der Waals surface area contributed by atoms with Crippen molar-refractivity contribution >= 4 is 17.7 Å². The Balaban J connectivity index is 2.08. The molecule has 0 spiro atoms. The Labute approximate surface area is 138 Å². The molecule has 2 rings (SSSR count). The molecule has 5 heteroatoms. The van der Waals surface area contributed by atoms with Gasteiger partial charge < -0.3 is 14.1 Å². The van der Waals surface area contributed by atoms with Crippen molar-refractivity contribution < 1.29 is 14.0 Å². The van der Waals surface area contributed by atoms with Crippen molar-refractivity contribution in [2.45, 2.75) is 19.2 Å². The van der Waals surface area contributed by atoms with Gasteiger partial charge in [0, 0.05) is 0 Å². The molecule has 0 radical (unpaired) electrons. The summed E-state index contributed by atoms with van der Waals surface area (Å²) in [4.78, 5) is 14.3. The van der Waals surface area contributed by atoms with Gasteiger partial charge in [0.05, 0.1) is 46.1 Å². The quantitative estimate of drug-likeness (QED) is 0.723. The van der Waals surface area contributed by atoms with Crippen LogP contribution in [0.15, 0.2) is 24.3 Å². The highest BCUT2D eigenvalue weighted by Gasteiger charge is 2.34. The van der Waals surface area contributed by atoms with Crippen LogP contribution < -0.4 is 4.74 Å². The lowest BCUT2D eigenvalue weighted by Gasteiger charge is -2.35. The summed E-state index contributed by atoms with van der Waals surface area (Å²) in [7, 11) is 3.93. The van der Waals surface area contributed by atoms with Crippen LogP contribution in [0.1, 0.15) is 24.8 Å². The van der Waals surface area contributed by atoms with Crippen molar-refractivity contribution in [3.05, 3.63) is 29.8 Å². The van der Waals surface area contributed by atoms with Crippen LogP contribution in [0, 0.1) is 0 Å². The molecule has 1 fully saturated rings. The average Bonchev–Trinajstić information content (AvgIpc) is 2.93. The van der Waals surface area contributed by atoms with Crippen molar-refractivity contribution in [1.82, 2.24) is 4.90 Å². The van der Waals surface area contributed by atoms with E-state index < -0.39 is 0 Å². The second-order valence-corrected chi connectivity index (χ2v) is 7.07. The Kier molecular flexibility index (Phi) is 5.75. The minimum atomic E-state index is 0.139. The predicted octanol–water partition coefficient (Wildman–Crippen LogP) is 2.76. The zero-order valence-electron chi connectivity index (χ0n) is 14.0. The molecular weight excluding hydrogens is 296 g/mol. The zero-order chi connectivity index (χ0) is 16.2. The van der Waals surface area contributed by atoms with E-state index in [1.807, 2.05) is 17.0 Å². The summed E-state index contributed by atoms with van der Waals surface area (Å²) in [6, 6.07) is 8.07. The molecule has 1 heterocycles. The van der Waals surface area contributed by atoms with Gasteiger partial charge in [-0.1, -0.05) is 12.1 Å². The Morgan fingerprint density at radius 2 is 1.91 bits per heavy atom. The van der Waals surface area contributed by atoms with Crippen LogP contribution in [0.5, 0.6) is 5.75 Å². The first-order valence-corrected chi connectivity index (χ1v) is 8.96. The van der Waals surface area contributed by atoms with Gasteiger partial charge >= 0.3 is 0 Å². The molecule has 4 nitrogen and oxygen atoms in total. The summed E-state index contributed by atoms with van der Waals surface area (Å²) in [5.41, 5.74) is 1.18. The van der Waals surface area contributed by atoms with Gasteiger partial charge in [0.15, 0.2) is 0 Å². The van der Waals surface area contributed by atoms with Crippen molar-refractivity contribution in [3.8, 4) is 5.75 Å². The van der Waals surface area contributed by atoms with Crippen LogP contribution >= 0.6 is 11.8 Å². The smallest absolute Gasteiger partial charge is 0.234 e. The van der Waals surface area contributed by atoms with E-state index in [1.165, 1.54) is 5.56 Å². The van der Waals surface area contributed by atoms with Crippen LogP contribution in [0.25, 0.3) is 0 Å². The summed E-state index contributed by atoms with van der Waals surface area (Å²) < 4.78 is 6.21. The van der Waals surface area contributed by atoms with E-state index in [0.717, 1.165) is 36.4 Å². The lowest BCUT2D eigenvalue weighted by Crippen LogP contribution is -2.48. The lowest BCUT2D eigenvalue weighted by molar-refractivity contribution is -0.905. The normalized spacial score (nSPS) is 18.8. The monoisotopic (exact) mass is 323 g/mol. The van der Waals surface area contributed by atoms with Crippen LogP contribution in [0.3, 0.4) is 0 Å². The van der Waals surface area contributed by atoms with Crippen LogP contribution in [-0.4, -0.2) is 61.4 Å². The topological polar surface area (TPSA) is 29.5 Å². The molecule has 1 saturated heterocycles. The molecule has 1 aliphatic rings. The standard InChI is InChI=1S/C17H27N2O2S/c1-5-19(3,6-2)12-11-18-16(20)13-22-17(18)14-7-9-15(21-4)10-8-14/h7-10,17H,5-6,11-13H2,1-4H3/q+1. The van der Waals surface area contributed by atoms with Gasteiger partial charge in [0.25, 0.3) is 0 Å². The maximum atomic E-state index is 12.2. The van der Waals surface area contributed by atoms with Crippen molar-refractivity contribution in [2.24, 2.45) is 0 Å². The van der Waals surface area contributed by atoms with E-state index in [2.05, 4.69) is 33.0 Å². The molecule has 1 unspecified atom stereocenters. The molecule has 22 heavy (non-hydrogen) atoms. The largest absolute Gasteiger partial charge is 0.497 e. The molecule has 1 aliphatic heterocycles. The van der Waals surface area contributed by atoms with Gasteiger partial charge in [-0.3, -0.25) is 4.79 Å². The van der Waals surface area contributed by atoms with Gasteiger partial charge in [0.1, 0.15) is 11.1 Å². The number of quaternary nitrogens is 1. The summed E-state index contributed by atoms with van der Waals surface area (Å²) in [5, 5.41) is 0.139. The van der Waals surface area contributed by atoms with E-state index in [1.54, 1.807) is 18.9 Å². The van der Waals surface area contributed by atoms with E-state index in [4.69, 9.17) is 4.74 Å². The molecule has 0 N–H and O–H groups in total. The number of methoxy groups -OCH3 is 1. The molecule has 0 aliphatic carbocycles. The molecule has 1 aromatic rings. The Hall–Kier alpha value is -1.20. The van der Waals surface area contributed by atoms with E-state index in [-0.39, 0.29) is 11.3 Å². The number of ether oxygens (including phenoxy) is 1. The third kappa shape index (κ3) is 3.76. The highest BCUT2D eigenvalue weighted by Crippen LogP contribution is 2.38. The molecule has 1 amide bonds. The number of benzene rings is 1. The number of amides is 1. The Morgan fingerprint density at radius 3 is 2.45 bits per heavy atom. The zero-order valence-corrected chi connectivity index (χ0v) is 14.9. The highest BCUT2D eigenvalue weighted by molar-refractivity contribution is 8.00. The number of nitrogens with zero attached hydrogens (tertiary/aromatic N) is 2.